The van der Waals surface area contributed by atoms with E-state index >= 15 is 0 Å². The number of carbonyl (C=O) groups excluding carboxylic acids is 1. The van der Waals surface area contributed by atoms with E-state index in [1.54, 1.807) is 36.4 Å². The van der Waals surface area contributed by atoms with Gasteiger partial charge in [0, 0.05) is 29.6 Å². The molecule has 1 aromatic heterocycles. The van der Waals surface area contributed by atoms with E-state index in [4.69, 9.17) is 44.9 Å². The number of carboxylic acids is 1. The Balaban J connectivity index is 1.77. The molecule has 0 atom stereocenters. The molecular formula is C18H13Cl2NO4S2. The number of hydrogen-bond donors (Lipinski definition) is 1. The summed E-state index contributed by atoms with van der Waals surface area (Å²) in [7, 11) is 0. The molecule has 0 saturated carbocycles. The van der Waals surface area contributed by atoms with Gasteiger partial charge < -0.3 is 9.52 Å². The van der Waals surface area contributed by atoms with Gasteiger partial charge >= 0.3 is 5.97 Å². The van der Waals surface area contributed by atoms with Crippen LogP contribution in [0.15, 0.2) is 39.7 Å². The molecule has 0 radical (unpaired) electrons. The first-order chi connectivity index (χ1) is 12.8. The average Bonchev–Trinajstić information content (AvgIpc) is 3.17. The van der Waals surface area contributed by atoms with Crippen LogP contribution in [-0.2, 0) is 9.59 Å². The van der Waals surface area contributed by atoms with Crippen molar-refractivity contribution >= 4 is 69.5 Å². The highest BCUT2D eigenvalue weighted by atomic mass is 35.5. The van der Waals surface area contributed by atoms with Gasteiger partial charge in [-0.25, -0.2) is 0 Å². The minimum absolute atomic E-state index is 0.0158. The molecule has 1 aromatic carbocycles. The lowest BCUT2D eigenvalue weighted by Crippen LogP contribution is -2.29. The van der Waals surface area contributed by atoms with Crippen LogP contribution in [0.2, 0.25) is 10.0 Å². The molecular weight excluding hydrogens is 429 g/mol. The number of carboxylic acid groups (broad SMARTS) is 1. The summed E-state index contributed by atoms with van der Waals surface area (Å²) in [6.07, 6.45) is 1.93. The Kier molecular flexibility index (Phi) is 6.26. The van der Waals surface area contributed by atoms with Crippen LogP contribution in [-0.4, -0.2) is 32.7 Å². The highest BCUT2D eigenvalue weighted by Crippen LogP contribution is 2.35. The van der Waals surface area contributed by atoms with Gasteiger partial charge in [0.25, 0.3) is 5.91 Å². The van der Waals surface area contributed by atoms with Crippen LogP contribution in [0, 0.1) is 0 Å². The maximum Gasteiger partial charge on any atom is 0.303 e. The highest BCUT2D eigenvalue weighted by Gasteiger charge is 2.32. The Morgan fingerprint density at radius 3 is 2.81 bits per heavy atom. The molecule has 1 fully saturated rings. The van der Waals surface area contributed by atoms with E-state index < -0.39 is 5.97 Å². The predicted octanol–water partition coefficient (Wildman–Crippen LogP) is 5.32. The van der Waals surface area contributed by atoms with Crippen molar-refractivity contribution in [1.29, 1.82) is 0 Å². The normalized spacial score (nSPS) is 15.8. The number of carbonyl (C=O) groups is 2. The van der Waals surface area contributed by atoms with Crippen LogP contribution in [0.5, 0.6) is 0 Å². The van der Waals surface area contributed by atoms with E-state index in [2.05, 4.69) is 0 Å². The maximum absolute atomic E-state index is 12.5. The van der Waals surface area contributed by atoms with Gasteiger partial charge in [-0.3, -0.25) is 14.5 Å². The standard InChI is InChI=1S/C18H13Cl2NO4S2/c19-10-3-5-13(20)12(8-10)14-6-4-11(25-14)9-15-17(24)21(18(26)27-15)7-1-2-16(22)23/h3-6,8-9H,1-2,7H2,(H,22,23)/b15-9+. The third kappa shape index (κ3) is 4.73. The van der Waals surface area contributed by atoms with Crippen LogP contribution in [0.3, 0.4) is 0 Å². The molecule has 9 heteroatoms. The van der Waals surface area contributed by atoms with Gasteiger partial charge in [0.05, 0.1) is 9.93 Å². The second-order valence-corrected chi connectivity index (χ2v) is 8.18. The molecule has 3 rings (SSSR count). The summed E-state index contributed by atoms with van der Waals surface area (Å²) in [6.45, 7) is 0.274. The van der Waals surface area contributed by atoms with Crippen molar-refractivity contribution in [2.24, 2.45) is 0 Å². The Labute approximate surface area is 174 Å². The number of halogens is 2. The second kappa shape index (κ2) is 8.48. The fourth-order valence-electron chi connectivity index (χ4n) is 2.47. The van der Waals surface area contributed by atoms with Gasteiger partial charge in [-0.15, -0.1) is 0 Å². The minimum atomic E-state index is -0.904. The van der Waals surface area contributed by atoms with Gasteiger partial charge in [-0.2, -0.15) is 0 Å². The van der Waals surface area contributed by atoms with Crippen molar-refractivity contribution in [2.75, 3.05) is 6.54 Å². The summed E-state index contributed by atoms with van der Waals surface area (Å²) in [5.41, 5.74) is 0.657. The van der Waals surface area contributed by atoms with Gasteiger partial charge in [0.1, 0.15) is 15.8 Å². The van der Waals surface area contributed by atoms with E-state index in [9.17, 15) is 9.59 Å². The van der Waals surface area contributed by atoms with Crippen LogP contribution >= 0.6 is 47.2 Å². The molecule has 1 saturated heterocycles. The lowest BCUT2D eigenvalue weighted by Gasteiger charge is -2.13. The Morgan fingerprint density at radius 2 is 2.07 bits per heavy atom. The third-order valence-corrected chi connectivity index (χ3v) is 5.68. The Hall–Kier alpha value is -1.80. The molecule has 0 spiro atoms. The maximum atomic E-state index is 12.5. The predicted molar refractivity (Wildman–Crippen MR) is 111 cm³/mol. The molecule has 1 aliphatic heterocycles. The van der Waals surface area contributed by atoms with Crippen molar-refractivity contribution in [2.45, 2.75) is 12.8 Å². The van der Waals surface area contributed by atoms with Gasteiger partial charge in [-0.05, 0) is 36.8 Å². The summed E-state index contributed by atoms with van der Waals surface area (Å²) < 4.78 is 6.18. The summed E-state index contributed by atoms with van der Waals surface area (Å²) >= 11 is 18.6. The quantitative estimate of drug-likeness (QED) is 0.483. The third-order valence-electron chi connectivity index (χ3n) is 3.74. The molecule has 1 aliphatic rings. The molecule has 5 nitrogen and oxygen atoms in total. The topological polar surface area (TPSA) is 70.8 Å². The van der Waals surface area contributed by atoms with Gasteiger partial charge in [0.2, 0.25) is 0 Å². The molecule has 0 aliphatic carbocycles. The number of furan rings is 1. The van der Waals surface area contributed by atoms with E-state index in [1.807, 2.05) is 0 Å². The molecule has 2 aromatic rings. The fraction of sp³-hybridized carbons (Fsp3) is 0.167. The number of rotatable bonds is 6. The smallest absolute Gasteiger partial charge is 0.303 e. The second-order valence-electron chi connectivity index (χ2n) is 5.66. The summed E-state index contributed by atoms with van der Waals surface area (Å²) in [4.78, 5) is 24.9. The number of nitrogens with zero attached hydrogens (tertiary/aromatic N) is 1. The highest BCUT2D eigenvalue weighted by molar-refractivity contribution is 8.26. The van der Waals surface area contributed by atoms with Crippen LogP contribution in [0.25, 0.3) is 17.4 Å². The number of thiocarbonyl (C=S) groups is 1. The van der Waals surface area contributed by atoms with E-state index in [1.165, 1.54) is 4.90 Å². The molecule has 140 valence electrons. The molecule has 0 unspecified atom stereocenters. The van der Waals surface area contributed by atoms with Gasteiger partial charge in [0.15, 0.2) is 0 Å². The first-order valence-corrected chi connectivity index (χ1v) is 9.85. The van der Waals surface area contributed by atoms with Crippen LogP contribution < -0.4 is 0 Å². The molecule has 1 amide bonds. The number of thioether (sulfide) groups is 1. The monoisotopic (exact) mass is 441 g/mol. The number of benzene rings is 1. The van der Waals surface area contributed by atoms with Gasteiger partial charge in [-0.1, -0.05) is 47.2 Å². The first-order valence-electron chi connectivity index (χ1n) is 7.87. The molecule has 0 bridgehead atoms. The zero-order chi connectivity index (χ0) is 19.6. The zero-order valence-corrected chi connectivity index (χ0v) is 16.9. The first kappa shape index (κ1) is 19.9. The molecule has 2 heterocycles. The van der Waals surface area contributed by atoms with Crippen LogP contribution in [0.4, 0.5) is 0 Å². The lowest BCUT2D eigenvalue weighted by molar-refractivity contribution is -0.137. The van der Waals surface area contributed by atoms with Crippen molar-refractivity contribution in [3.05, 3.63) is 51.0 Å². The van der Waals surface area contributed by atoms with E-state index in [-0.39, 0.29) is 18.9 Å². The fourth-order valence-corrected chi connectivity index (χ4v) is 4.14. The largest absolute Gasteiger partial charge is 0.481 e. The van der Waals surface area contributed by atoms with Crippen molar-refractivity contribution in [1.82, 2.24) is 4.90 Å². The SMILES string of the molecule is O=C(O)CCCN1C(=O)/C(=C\c2ccc(-c3cc(Cl)ccc3Cl)o2)SC1=S. The summed E-state index contributed by atoms with van der Waals surface area (Å²) in [5.74, 6) is -0.148. The summed E-state index contributed by atoms with van der Waals surface area (Å²) in [6, 6.07) is 8.55. The minimum Gasteiger partial charge on any atom is -0.481 e. The zero-order valence-electron chi connectivity index (χ0n) is 13.8. The van der Waals surface area contributed by atoms with E-state index in [0.717, 1.165) is 11.8 Å². The molecule has 1 N–H and O–H groups in total. The average molecular weight is 442 g/mol. The Bertz CT molecular complexity index is 955. The number of amides is 1. The summed E-state index contributed by atoms with van der Waals surface area (Å²) in [5, 5.41) is 9.76. The number of hydrogen-bond acceptors (Lipinski definition) is 5. The Morgan fingerprint density at radius 1 is 1.30 bits per heavy atom. The van der Waals surface area contributed by atoms with Crippen LogP contribution in [0.1, 0.15) is 18.6 Å². The lowest BCUT2D eigenvalue weighted by atomic mass is 10.2. The van der Waals surface area contributed by atoms with Crippen molar-refractivity contribution < 1.29 is 19.1 Å². The number of aliphatic carboxylic acids is 1. The van der Waals surface area contributed by atoms with Crippen molar-refractivity contribution in [3.63, 3.8) is 0 Å². The van der Waals surface area contributed by atoms with E-state index in [0.29, 0.717) is 42.8 Å². The van der Waals surface area contributed by atoms with Crippen molar-refractivity contribution in [3.8, 4) is 11.3 Å². The molecule has 27 heavy (non-hydrogen) atoms.